The van der Waals surface area contributed by atoms with Gasteiger partial charge in [-0.05, 0) is 19.8 Å². The molecule has 0 unspecified atom stereocenters. The summed E-state index contributed by atoms with van der Waals surface area (Å²) in [4.78, 5) is 36.5. The van der Waals surface area contributed by atoms with Gasteiger partial charge in [-0.3, -0.25) is 19.8 Å². The molecule has 1 aliphatic carbocycles. The molecule has 0 atom stereocenters. The Balaban J connectivity index is 2.07. The van der Waals surface area contributed by atoms with Crippen LogP contribution >= 0.6 is 0 Å². The van der Waals surface area contributed by atoms with Crippen LogP contribution in [0.15, 0.2) is 0 Å². The van der Waals surface area contributed by atoms with E-state index in [2.05, 4.69) is 5.32 Å². The molecule has 1 aliphatic heterocycles. The van der Waals surface area contributed by atoms with E-state index in [1.54, 1.807) is 0 Å². The summed E-state index contributed by atoms with van der Waals surface area (Å²) in [6, 6.07) is -0.628. The van der Waals surface area contributed by atoms with E-state index in [4.69, 9.17) is 4.74 Å². The van der Waals surface area contributed by atoms with Gasteiger partial charge in [-0.1, -0.05) is 6.42 Å². The molecular weight excluding hydrogens is 224 g/mol. The summed E-state index contributed by atoms with van der Waals surface area (Å²) >= 11 is 0. The van der Waals surface area contributed by atoms with Crippen LogP contribution in [0.3, 0.4) is 0 Å². The van der Waals surface area contributed by atoms with Crippen LogP contribution < -0.4 is 5.32 Å². The predicted molar refractivity (Wildman–Crippen MR) is 58.0 cm³/mol. The lowest BCUT2D eigenvalue weighted by Gasteiger charge is -2.44. The van der Waals surface area contributed by atoms with E-state index in [1.807, 2.05) is 6.92 Å². The molecule has 2 aliphatic rings. The Morgan fingerprint density at radius 2 is 2.06 bits per heavy atom. The molecule has 0 radical (unpaired) electrons. The van der Waals surface area contributed by atoms with Gasteiger partial charge in [-0.2, -0.15) is 0 Å². The smallest absolute Gasteiger partial charge is 0.330 e. The van der Waals surface area contributed by atoms with Crippen LogP contribution in [0.1, 0.15) is 26.2 Å². The SMILES string of the molecule is CCOCCN1C(=O)NC(=O)C2(CCC2)C1=O. The fourth-order valence-electron chi connectivity index (χ4n) is 2.21. The van der Waals surface area contributed by atoms with Crippen molar-refractivity contribution in [3.8, 4) is 0 Å². The zero-order valence-electron chi connectivity index (χ0n) is 9.82. The Hall–Kier alpha value is -1.43. The molecule has 1 spiro atoms. The highest BCUT2D eigenvalue weighted by Crippen LogP contribution is 2.44. The molecular formula is C11H16N2O4. The molecule has 1 N–H and O–H groups in total. The minimum atomic E-state index is -0.972. The Morgan fingerprint density at radius 3 is 2.59 bits per heavy atom. The fraction of sp³-hybridized carbons (Fsp3) is 0.727. The summed E-state index contributed by atoms with van der Waals surface area (Å²) < 4.78 is 5.12. The number of urea groups is 1. The van der Waals surface area contributed by atoms with E-state index in [9.17, 15) is 14.4 Å². The summed E-state index contributed by atoms with van der Waals surface area (Å²) in [5.41, 5.74) is -0.972. The number of hydrogen-bond donors (Lipinski definition) is 1. The molecule has 0 aromatic rings. The number of carbonyl (C=O) groups excluding carboxylic acids is 3. The van der Waals surface area contributed by atoms with Crippen LogP contribution in [0.5, 0.6) is 0 Å². The van der Waals surface area contributed by atoms with Crippen LogP contribution in [-0.2, 0) is 14.3 Å². The maximum absolute atomic E-state index is 12.1. The molecule has 2 fully saturated rings. The summed E-state index contributed by atoms with van der Waals surface area (Å²) in [5, 5.41) is 2.25. The first-order chi connectivity index (χ1) is 8.12. The second-order valence-corrected chi connectivity index (χ2v) is 4.35. The van der Waals surface area contributed by atoms with Gasteiger partial charge in [0, 0.05) is 6.61 Å². The highest BCUT2D eigenvalue weighted by Gasteiger charge is 2.57. The lowest BCUT2D eigenvalue weighted by atomic mass is 9.66. The Morgan fingerprint density at radius 1 is 1.35 bits per heavy atom. The first kappa shape index (κ1) is 12.0. The first-order valence-corrected chi connectivity index (χ1v) is 5.87. The average molecular weight is 240 g/mol. The molecule has 6 heteroatoms. The second-order valence-electron chi connectivity index (χ2n) is 4.35. The number of imide groups is 2. The van der Waals surface area contributed by atoms with Crippen molar-refractivity contribution < 1.29 is 19.1 Å². The number of hydrogen-bond acceptors (Lipinski definition) is 4. The molecule has 0 aromatic heterocycles. The quantitative estimate of drug-likeness (QED) is 0.565. The summed E-state index contributed by atoms with van der Waals surface area (Å²) in [6.07, 6.45) is 1.93. The molecule has 94 valence electrons. The van der Waals surface area contributed by atoms with Crippen molar-refractivity contribution in [2.75, 3.05) is 19.8 Å². The van der Waals surface area contributed by atoms with E-state index < -0.39 is 17.4 Å². The molecule has 1 saturated heterocycles. The number of ether oxygens (including phenoxy) is 1. The van der Waals surface area contributed by atoms with Crippen molar-refractivity contribution in [1.82, 2.24) is 10.2 Å². The molecule has 0 bridgehead atoms. The maximum Gasteiger partial charge on any atom is 0.330 e. The summed E-state index contributed by atoms with van der Waals surface area (Å²) in [6.45, 7) is 2.89. The number of amides is 4. The van der Waals surface area contributed by atoms with Crippen molar-refractivity contribution in [3.63, 3.8) is 0 Å². The topological polar surface area (TPSA) is 75.7 Å². The number of carbonyl (C=O) groups is 3. The number of rotatable bonds is 4. The summed E-state index contributed by atoms with van der Waals surface area (Å²) in [7, 11) is 0. The normalized spacial score (nSPS) is 22.6. The van der Waals surface area contributed by atoms with Gasteiger partial charge in [0.2, 0.25) is 11.8 Å². The highest BCUT2D eigenvalue weighted by atomic mass is 16.5. The average Bonchev–Trinajstić information content (AvgIpc) is 2.20. The van der Waals surface area contributed by atoms with E-state index in [1.165, 1.54) is 0 Å². The van der Waals surface area contributed by atoms with Gasteiger partial charge in [-0.25, -0.2) is 4.79 Å². The van der Waals surface area contributed by atoms with Crippen LogP contribution in [0.25, 0.3) is 0 Å². The second kappa shape index (κ2) is 4.44. The van der Waals surface area contributed by atoms with Crippen LogP contribution in [0, 0.1) is 5.41 Å². The third-order valence-electron chi connectivity index (χ3n) is 3.43. The van der Waals surface area contributed by atoms with E-state index >= 15 is 0 Å². The highest BCUT2D eigenvalue weighted by molar-refractivity contribution is 6.19. The van der Waals surface area contributed by atoms with Gasteiger partial charge in [0.1, 0.15) is 5.41 Å². The maximum atomic E-state index is 12.1. The van der Waals surface area contributed by atoms with E-state index in [0.29, 0.717) is 26.1 Å². The van der Waals surface area contributed by atoms with Gasteiger partial charge in [0.15, 0.2) is 0 Å². The van der Waals surface area contributed by atoms with Gasteiger partial charge < -0.3 is 4.74 Å². The predicted octanol–water partition coefficient (Wildman–Crippen LogP) is 0.272. The monoisotopic (exact) mass is 240 g/mol. The third-order valence-corrected chi connectivity index (χ3v) is 3.43. The lowest BCUT2D eigenvalue weighted by Crippen LogP contribution is -2.66. The number of barbiturate groups is 1. The minimum absolute atomic E-state index is 0.202. The Bertz CT molecular complexity index is 362. The lowest BCUT2D eigenvalue weighted by molar-refractivity contribution is -0.158. The zero-order chi connectivity index (χ0) is 12.5. The number of nitrogens with one attached hydrogen (secondary N) is 1. The van der Waals surface area contributed by atoms with Crippen LogP contribution in [-0.4, -0.2) is 42.5 Å². The Kier molecular flexibility index (Phi) is 3.15. The standard InChI is InChI=1S/C11H16N2O4/c1-2-17-7-6-13-9(15)11(4-3-5-11)8(14)12-10(13)16/h2-7H2,1H3,(H,12,14,16). The number of nitrogens with zero attached hydrogens (tertiary/aromatic N) is 1. The van der Waals surface area contributed by atoms with Crippen LogP contribution in [0.2, 0.25) is 0 Å². The van der Waals surface area contributed by atoms with Crippen molar-refractivity contribution in [3.05, 3.63) is 0 Å². The largest absolute Gasteiger partial charge is 0.380 e. The van der Waals surface area contributed by atoms with Crippen molar-refractivity contribution in [2.45, 2.75) is 26.2 Å². The van der Waals surface area contributed by atoms with E-state index in [-0.39, 0.29) is 12.5 Å². The zero-order valence-corrected chi connectivity index (χ0v) is 9.82. The van der Waals surface area contributed by atoms with Gasteiger partial charge in [0.05, 0.1) is 13.2 Å². The van der Waals surface area contributed by atoms with Crippen molar-refractivity contribution in [1.29, 1.82) is 0 Å². The van der Waals surface area contributed by atoms with Gasteiger partial charge in [0.25, 0.3) is 0 Å². The molecule has 4 amide bonds. The van der Waals surface area contributed by atoms with Crippen molar-refractivity contribution >= 4 is 17.8 Å². The minimum Gasteiger partial charge on any atom is -0.380 e. The van der Waals surface area contributed by atoms with E-state index in [0.717, 1.165) is 11.3 Å². The third kappa shape index (κ3) is 1.82. The van der Waals surface area contributed by atoms with Crippen LogP contribution in [0.4, 0.5) is 4.79 Å². The molecule has 0 aromatic carbocycles. The first-order valence-electron chi connectivity index (χ1n) is 5.87. The summed E-state index contributed by atoms with van der Waals surface area (Å²) in [5.74, 6) is -0.802. The van der Waals surface area contributed by atoms with Gasteiger partial charge >= 0.3 is 6.03 Å². The molecule has 2 rings (SSSR count). The molecule has 6 nitrogen and oxygen atoms in total. The van der Waals surface area contributed by atoms with Crippen molar-refractivity contribution in [2.24, 2.45) is 5.41 Å². The Labute approximate surface area is 99.3 Å². The molecule has 1 heterocycles. The molecule has 1 saturated carbocycles. The molecule has 17 heavy (non-hydrogen) atoms. The fourth-order valence-corrected chi connectivity index (χ4v) is 2.21. The van der Waals surface area contributed by atoms with Gasteiger partial charge in [-0.15, -0.1) is 0 Å².